The first-order valence-electron chi connectivity index (χ1n) is 8.20. The summed E-state index contributed by atoms with van der Waals surface area (Å²) in [4.78, 5) is 56.0. The minimum Gasteiger partial charge on any atom is -0.480 e. The summed E-state index contributed by atoms with van der Waals surface area (Å²) in [5, 5.41) is 26.4. The summed E-state index contributed by atoms with van der Waals surface area (Å²) in [6.07, 6.45) is -0.237. The summed E-state index contributed by atoms with van der Waals surface area (Å²) in [6, 6.07) is 3.04. The van der Waals surface area contributed by atoms with E-state index in [9.17, 15) is 29.3 Å². The molecule has 0 aliphatic rings. The van der Waals surface area contributed by atoms with Gasteiger partial charge in [-0.05, 0) is 25.5 Å². The Morgan fingerprint density at radius 1 is 1.18 bits per heavy atom. The molecule has 0 radical (unpaired) electrons. The molecular formula is C16H21N5O7. The Hall–Kier alpha value is -3.54. The SMILES string of the molecule is CC(NC(=O)CCC(N)C(=O)O)C(=O)NCC(=O)Nc1ccc([N+](=O)[O-])cc1. The molecule has 0 bridgehead atoms. The van der Waals surface area contributed by atoms with Gasteiger partial charge in [-0.25, -0.2) is 0 Å². The number of aliphatic carboxylic acids is 1. The zero-order valence-corrected chi connectivity index (χ0v) is 15.0. The van der Waals surface area contributed by atoms with E-state index < -0.39 is 40.7 Å². The number of nitrogens with one attached hydrogen (secondary N) is 3. The van der Waals surface area contributed by atoms with Gasteiger partial charge in [0, 0.05) is 24.2 Å². The van der Waals surface area contributed by atoms with Crippen LogP contribution < -0.4 is 21.7 Å². The number of carbonyl (C=O) groups is 4. The van der Waals surface area contributed by atoms with Crippen molar-refractivity contribution in [2.24, 2.45) is 5.73 Å². The van der Waals surface area contributed by atoms with Gasteiger partial charge in [0.2, 0.25) is 17.7 Å². The standard InChI is InChI=1S/C16H21N5O7/c1-9(19-13(22)7-6-12(17)16(25)26)15(24)18-8-14(23)20-10-2-4-11(5-3-10)21(27)28/h2-5,9,12H,6-8,17H2,1H3,(H,18,24)(H,19,22)(H,20,23)(H,25,26). The van der Waals surface area contributed by atoms with Crippen LogP contribution in [0.2, 0.25) is 0 Å². The monoisotopic (exact) mass is 395 g/mol. The van der Waals surface area contributed by atoms with Gasteiger partial charge >= 0.3 is 5.97 Å². The lowest BCUT2D eigenvalue weighted by atomic mass is 10.1. The average molecular weight is 395 g/mol. The molecule has 1 aromatic rings. The number of rotatable bonds is 10. The van der Waals surface area contributed by atoms with Gasteiger partial charge in [-0.15, -0.1) is 0 Å². The molecule has 0 heterocycles. The molecule has 0 saturated carbocycles. The molecule has 152 valence electrons. The molecule has 1 rings (SSSR count). The first-order valence-corrected chi connectivity index (χ1v) is 8.20. The second kappa shape index (κ2) is 10.6. The van der Waals surface area contributed by atoms with Crippen LogP contribution in [-0.4, -0.2) is 52.3 Å². The summed E-state index contributed by atoms with van der Waals surface area (Å²) in [6.45, 7) is 1.03. The molecule has 0 saturated heterocycles. The van der Waals surface area contributed by atoms with Crippen molar-refractivity contribution < 1.29 is 29.2 Å². The van der Waals surface area contributed by atoms with Crippen LogP contribution in [0.3, 0.4) is 0 Å². The average Bonchev–Trinajstić information content (AvgIpc) is 2.64. The maximum atomic E-state index is 11.9. The number of benzene rings is 1. The lowest BCUT2D eigenvalue weighted by Crippen LogP contribution is -2.47. The predicted molar refractivity (Wildman–Crippen MR) is 97.2 cm³/mol. The van der Waals surface area contributed by atoms with Gasteiger partial charge < -0.3 is 26.8 Å². The Kier molecular flexibility index (Phi) is 8.49. The number of nitro benzene ring substituents is 1. The number of non-ortho nitro benzene ring substituents is 1. The Balaban J connectivity index is 2.37. The van der Waals surface area contributed by atoms with Crippen molar-refractivity contribution in [1.29, 1.82) is 0 Å². The van der Waals surface area contributed by atoms with E-state index in [1.165, 1.54) is 31.2 Å². The highest BCUT2D eigenvalue weighted by atomic mass is 16.6. The third-order valence-corrected chi connectivity index (χ3v) is 3.56. The Morgan fingerprint density at radius 2 is 1.79 bits per heavy atom. The van der Waals surface area contributed by atoms with Crippen LogP contribution in [0.25, 0.3) is 0 Å². The normalized spacial score (nSPS) is 12.4. The number of nitro groups is 1. The summed E-state index contributed by atoms with van der Waals surface area (Å²) in [5.41, 5.74) is 5.48. The van der Waals surface area contributed by atoms with Gasteiger partial charge in [-0.2, -0.15) is 0 Å². The molecular weight excluding hydrogens is 374 g/mol. The van der Waals surface area contributed by atoms with E-state index in [2.05, 4.69) is 16.0 Å². The first-order chi connectivity index (χ1) is 13.1. The zero-order chi connectivity index (χ0) is 21.3. The highest BCUT2D eigenvalue weighted by molar-refractivity contribution is 5.96. The number of anilines is 1. The van der Waals surface area contributed by atoms with Gasteiger partial charge in [-0.3, -0.25) is 29.3 Å². The number of carbonyl (C=O) groups excluding carboxylic acids is 3. The highest BCUT2D eigenvalue weighted by Crippen LogP contribution is 2.15. The zero-order valence-electron chi connectivity index (χ0n) is 15.0. The largest absolute Gasteiger partial charge is 0.480 e. The highest BCUT2D eigenvalue weighted by Gasteiger charge is 2.18. The van der Waals surface area contributed by atoms with Crippen molar-refractivity contribution in [3.63, 3.8) is 0 Å². The fraction of sp³-hybridized carbons (Fsp3) is 0.375. The number of nitrogens with zero attached hydrogens (tertiary/aromatic N) is 1. The van der Waals surface area contributed by atoms with Crippen LogP contribution in [0.1, 0.15) is 19.8 Å². The molecule has 12 heteroatoms. The maximum Gasteiger partial charge on any atom is 0.320 e. The maximum absolute atomic E-state index is 11.9. The Labute approximate surface area is 159 Å². The van der Waals surface area contributed by atoms with Crippen LogP contribution in [0.4, 0.5) is 11.4 Å². The molecule has 0 aliphatic heterocycles. The number of amides is 3. The summed E-state index contributed by atoms with van der Waals surface area (Å²) < 4.78 is 0. The van der Waals surface area contributed by atoms with E-state index in [0.717, 1.165) is 0 Å². The smallest absolute Gasteiger partial charge is 0.320 e. The molecule has 0 fully saturated rings. The van der Waals surface area contributed by atoms with Crippen LogP contribution in [0.15, 0.2) is 24.3 Å². The minimum atomic E-state index is -1.22. The fourth-order valence-corrected chi connectivity index (χ4v) is 1.98. The minimum absolute atomic E-state index is 0.0762. The summed E-state index contributed by atoms with van der Waals surface area (Å²) in [5.74, 6) is -2.95. The second-order valence-electron chi connectivity index (χ2n) is 5.84. The van der Waals surface area contributed by atoms with Crippen LogP contribution in [0, 0.1) is 10.1 Å². The molecule has 2 unspecified atom stereocenters. The molecule has 0 aromatic heterocycles. The summed E-state index contributed by atoms with van der Waals surface area (Å²) in [7, 11) is 0. The number of carboxylic acid groups (broad SMARTS) is 1. The Bertz CT molecular complexity index is 750. The number of carboxylic acids is 1. The third kappa shape index (κ3) is 7.78. The van der Waals surface area contributed by atoms with Gasteiger partial charge in [0.1, 0.15) is 12.1 Å². The molecule has 0 spiro atoms. The first kappa shape index (κ1) is 22.5. The van der Waals surface area contributed by atoms with E-state index >= 15 is 0 Å². The molecule has 6 N–H and O–H groups in total. The fourth-order valence-electron chi connectivity index (χ4n) is 1.98. The third-order valence-electron chi connectivity index (χ3n) is 3.56. The lowest BCUT2D eigenvalue weighted by molar-refractivity contribution is -0.384. The second-order valence-corrected chi connectivity index (χ2v) is 5.84. The van der Waals surface area contributed by atoms with Gasteiger partial charge in [0.15, 0.2) is 0 Å². The molecule has 3 amide bonds. The van der Waals surface area contributed by atoms with E-state index in [1.807, 2.05) is 0 Å². The van der Waals surface area contributed by atoms with Gasteiger partial charge in [-0.1, -0.05) is 0 Å². The van der Waals surface area contributed by atoms with Crippen molar-refractivity contribution in [2.45, 2.75) is 31.8 Å². The molecule has 2 atom stereocenters. The summed E-state index contributed by atoms with van der Waals surface area (Å²) >= 11 is 0. The molecule has 28 heavy (non-hydrogen) atoms. The quantitative estimate of drug-likeness (QED) is 0.254. The predicted octanol–water partition coefficient (Wildman–Crippen LogP) is -0.654. The number of hydrogen-bond donors (Lipinski definition) is 5. The van der Waals surface area contributed by atoms with E-state index in [-0.39, 0.29) is 25.1 Å². The van der Waals surface area contributed by atoms with Crippen molar-refractivity contribution in [1.82, 2.24) is 10.6 Å². The van der Waals surface area contributed by atoms with Crippen molar-refractivity contribution in [3.8, 4) is 0 Å². The van der Waals surface area contributed by atoms with Crippen LogP contribution >= 0.6 is 0 Å². The van der Waals surface area contributed by atoms with Gasteiger partial charge in [0.25, 0.3) is 5.69 Å². The molecule has 0 aliphatic carbocycles. The number of nitrogens with two attached hydrogens (primary N) is 1. The molecule has 1 aromatic carbocycles. The number of hydrogen-bond acceptors (Lipinski definition) is 7. The van der Waals surface area contributed by atoms with Crippen LogP contribution in [-0.2, 0) is 19.2 Å². The van der Waals surface area contributed by atoms with E-state index in [1.54, 1.807) is 0 Å². The molecule has 12 nitrogen and oxygen atoms in total. The lowest BCUT2D eigenvalue weighted by Gasteiger charge is -2.14. The van der Waals surface area contributed by atoms with Gasteiger partial charge in [0.05, 0.1) is 11.5 Å². The Morgan fingerprint density at radius 3 is 2.32 bits per heavy atom. The topological polar surface area (TPSA) is 194 Å². The van der Waals surface area contributed by atoms with Crippen LogP contribution in [0.5, 0.6) is 0 Å². The van der Waals surface area contributed by atoms with Crippen molar-refractivity contribution in [3.05, 3.63) is 34.4 Å². The van der Waals surface area contributed by atoms with E-state index in [4.69, 9.17) is 10.8 Å². The van der Waals surface area contributed by atoms with Crippen molar-refractivity contribution in [2.75, 3.05) is 11.9 Å². The van der Waals surface area contributed by atoms with Crippen molar-refractivity contribution >= 4 is 35.1 Å². The van der Waals surface area contributed by atoms with E-state index in [0.29, 0.717) is 5.69 Å².